The lowest BCUT2D eigenvalue weighted by Gasteiger charge is -2.26. The van der Waals surface area contributed by atoms with Crippen molar-refractivity contribution in [3.05, 3.63) is 0 Å². The second-order valence-corrected chi connectivity index (χ2v) is 6.24. The standard InChI is InChI=1S/C15H27N3O2.ClH/c16-12-6-4-5-11(9-12)15(20)17-10-14(19)18-13-7-2-1-3-8-13;/h11-13H,1-10,16H2,(H,17,20)(H,18,19);1H. The summed E-state index contributed by atoms with van der Waals surface area (Å²) in [5, 5.41) is 5.76. The van der Waals surface area contributed by atoms with Crippen LogP contribution in [0.15, 0.2) is 0 Å². The molecule has 122 valence electrons. The Hall–Kier alpha value is -0.810. The van der Waals surface area contributed by atoms with E-state index in [1.165, 1.54) is 19.3 Å². The minimum atomic E-state index is -0.0645. The Balaban J connectivity index is 0.00000220. The van der Waals surface area contributed by atoms with Gasteiger partial charge in [-0.25, -0.2) is 0 Å². The first-order chi connectivity index (χ1) is 9.65. The summed E-state index contributed by atoms with van der Waals surface area (Å²) in [7, 11) is 0. The topological polar surface area (TPSA) is 84.2 Å². The molecule has 2 saturated carbocycles. The number of hydrogen-bond donors (Lipinski definition) is 3. The van der Waals surface area contributed by atoms with Gasteiger partial charge in [0.15, 0.2) is 0 Å². The summed E-state index contributed by atoms with van der Waals surface area (Å²) < 4.78 is 0. The van der Waals surface area contributed by atoms with Gasteiger partial charge in [-0.3, -0.25) is 9.59 Å². The number of carbonyl (C=O) groups excluding carboxylic acids is 2. The highest BCUT2D eigenvalue weighted by atomic mass is 35.5. The minimum Gasteiger partial charge on any atom is -0.352 e. The highest BCUT2D eigenvalue weighted by Gasteiger charge is 2.25. The van der Waals surface area contributed by atoms with E-state index in [1.54, 1.807) is 0 Å². The molecule has 0 spiro atoms. The van der Waals surface area contributed by atoms with Crippen LogP contribution in [0.4, 0.5) is 0 Å². The highest BCUT2D eigenvalue weighted by Crippen LogP contribution is 2.23. The molecule has 0 aromatic rings. The fraction of sp³-hybridized carbons (Fsp3) is 0.867. The van der Waals surface area contributed by atoms with Crippen molar-refractivity contribution >= 4 is 24.2 Å². The van der Waals surface area contributed by atoms with Gasteiger partial charge in [0.1, 0.15) is 0 Å². The highest BCUT2D eigenvalue weighted by molar-refractivity contribution is 5.86. The number of halogens is 1. The summed E-state index contributed by atoms with van der Waals surface area (Å²) in [6.07, 6.45) is 9.44. The third-order valence-electron chi connectivity index (χ3n) is 4.48. The largest absolute Gasteiger partial charge is 0.352 e. The number of carbonyl (C=O) groups is 2. The molecular formula is C15H28ClN3O2. The van der Waals surface area contributed by atoms with Gasteiger partial charge in [0, 0.05) is 18.0 Å². The Morgan fingerprint density at radius 1 is 1.00 bits per heavy atom. The summed E-state index contributed by atoms with van der Waals surface area (Å²) in [5.41, 5.74) is 5.88. The zero-order valence-corrected chi connectivity index (χ0v) is 13.4. The maximum absolute atomic E-state index is 12.0. The van der Waals surface area contributed by atoms with Crippen LogP contribution in [-0.4, -0.2) is 30.4 Å². The fourth-order valence-electron chi connectivity index (χ4n) is 3.30. The van der Waals surface area contributed by atoms with Crippen molar-refractivity contribution in [1.29, 1.82) is 0 Å². The van der Waals surface area contributed by atoms with Gasteiger partial charge in [-0.2, -0.15) is 0 Å². The lowest BCUT2D eigenvalue weighted by molar-refractivity contribution is -0.129. The van der Waals surface area contributed by atoms with Crippen LogP contribution < -0.4 is 16.4 Å². The SMILES string of the molecule is Cl.NC1CCCC(C(=O)NCC(=O)NC2CCCCC2)C1. The average Bonchev–Trinajstić information content (AvgIpc) is 2.46. The van der Waals surface area contributed by atoms with E-state index in [1.807, 2.05) is 0 Å². The van der Waals surface area contributed by atoms with Crippen LogP contribution in [0.1, 0.15) is 57.8 Å². The summed E-state index contributed by atoms with van der Waals surface area (Å²) in [6, 6.07) is 0.437. The van der Waals surface area contributed by atoms with Gasteiger partial charge in [0.25, 0.3) is 0 Å². The molecule has 2 atom stereocenters. The molecule has 2 amide bonds. The predicted octanol–water partition coefficient (Wildman–Crippen LogP) is 1.49. The van der Waals surface area contributed by atoms with E-state index in [-0.39, 0.29) is 42.7 Å². The number of nitrogens with two attached hydrogens (primary N) is 1. The van der Waals surface area contributed by atoms with Crippen LogP contribution >= 0.6 is 12.4 Å². The first-order valence-electron chi connectivity index (χ1n) is 7.98. The van der Waals surface area contributed by atoms with Crippen molar-refractivity contribution in [3.63, 3.8) is 0 Å². The van der Waals surface area contributed by atoms with Crippen LogP contribution in [0.2, 0.25) is 0 Å². The fourth-order valence-corrected chi connectivity index (χ4v) is 3.30. The van der Waals surface area contributed by atoms with Gasteiger partial charge < -0.3 is 16.4 Å². The van der Waals surface area contributed by atoms with Gasteiger partial charge in [-0.05, 0) is 32.1 Å². The van der Waals surface area contributed by atoms with Gasteiger partial charge in [0.2, 0.25) is 11.8 Å². The molecule has 4 N–H and O–H groups in total. The molecule has 2 aliphatic rings. The minimum absolute atomic E-state index is 0. The number of amides is 2. The predicted molar refractivity (Wildman–Crippen MR) is 85.2 cm³/mol. The molecule has 6 heteroatoms. The molecule has 2 rings (SSSR count). The Morgan fingerprint density at radius 3 is 2.38 bits per heavy atom. The third kappa shape index (κ3) is 6.22. The Kier molecular flexibility index (Phi) is 8.04. The quantitative estimate of drug-likeness (QED) is 0.734. The van der Waals surface area contributed by atoms with E-state index in [0.717, 1.165) is 38.5 Å². The summed E-state index contributed by atoms with van der Waals surface area (Å²) in [5.74, 6) is -0.0921. The molecule has 2 fully saturated rings. The number of rotatable bonds is 4. The van der Waals surface area contributed by atoms with Gasteiger partial charge in [-0.15, -0.1) is 12.4 Å². The second kappa shape index (κ2) is 9.26. The van der Waals surface area contributed by atoms with Crippen molar-refractivity contribution in [1.82, 2.24) is 10.6 Å². The summed E-state index contributed by atoms with van der Waals surface area (Å²) in [6.45, 7) is 0.0983. The molecule has 2 unspecified atom stereocenters. The second-order valence-electron chi connectivity index (χ2n) is 6.24. The van der Waals surface area contributed by atoms with Crippen LogP contribution in [0.3, 0.4) is 0 Å². The maximum Gasteiger partial charge on any atom is 0.239 e. The van der Waals surface area contributed by atoms with Gasteiger partial charge in [0.05, 0.1) is 6.54 Å². The number of hydrogen-bond acceptors (Lipinski definition) is 3. The molecular weight excluding hydrogens is 290 g/mol. The van der Waals surface area contributed by atoms with E-state index in [4.69, 9.17) is 5.73 Å². The summed E-state index contributed by atoms with van der Waals surface area (Å²) in [4.78, 5) is 23.8. The van der Waals surface area contributed by atoms with Gasteiger partial charge >= 0.3 is 0 Å². The molecule has 21 heavy (non-hydrogen) atoms. The van der Waals surface area contributed by atoms with Crippen molar-refractivity contribution in [2.24, 2.45) is 11.7 Å². The van der Waals surface area contributed by atoms with E-state index < -0.39 is 0 Å². The van der Waals surface area contributed by atoms with Crippen LogP contribution in [-0.2, 0) is 9.59 Å². The zero-order valence-electron chi connectivity index (χ0n) is 12.6. The molecule has 0 saturated heterocycles. The van der Waals surface area contributed by atoms with Gasteiger partial charge in [-0.1, -0.05) is 25.7 Å². The van der Waals surface area contributed by atoms with Crippen molar-refractivity contribution in [3.8, 4) is 0 Å². The molecule has 0 aromatic heterocycles. The normalized spacial score (nSPS) is 26.5. The zero-order chi connectivity index (χ0) is 14.4. The smallest absolute Gasteiger partial charge is 0.239 e. The van der Waals surface area contributed by atoms with Crippen molar-refractivity contribution < 1.29 is 9.59 Å². The van der Waals surface area contributed by atoms with Crippen molar-refractivity contribution in [2.75, 3.05) is 6.54 Å². The first-order valence-corrected chi connectivity index (χ1v) is 7.98. The lowest BCUT2D eigenvalue weighted by atomic mass is 9.85. The first kappa shape index (κ1) is 18.2. The van der Waals surface area contributed by atoms with Crippen LogP contribution in [0, 0.1) is 5.92 Å². The van der Waals surface area contributed by atoms with Crippen LogP contribution in [0.5, 0.6) is 0 Å². The Labute approximate surface area is 133 Å². The molecule has 0 aliphatic heterocycles. The Morgan fingerprint density at radius 2 is 1.71 bits per heavy atom. The molecule has 0 heterocycles. The van der Waals surface area contributed by atoms with E-state index >= 15 is 0 Å². The molecule has 0 radical (unpaired) electrons. The van der Waals surface area contributed by atoms with Crippen LogP contribution in [0.25, 0.3) is 0 Å². The summed E-state index contributed by atoms with van der Waals surface area (Å²) >= 11 is 0. The Bertz CT molecular complexity index is 346. The van der Waals surface area contributed by atoms with E-state index in [9.17, 15) is 9.59 Å². The van der Waals surface area contributed by atoms with E-state index in [2.05, 4.69) is 10.6 Å². The maximum atomic E-state index is 12.0. The lowest BCUT2D eigenvalue weighted by Crippen LogP contribution is -2.45. The molecule has 2 aliphatic carbocycles. The van der Waals surface area contributed by atoms with Crippen molar-refractivity contribution in [2.45, 2.75) is 69.9 Å². The molecule has 5 nitrogen and oxygen atoms in total. The molecule has 0 aromatic carbocycles. The van der Waals surface area contributed by atoms with E-state index in [0.29, 0.717) is 6.04 Å². The monoisotopic (exact) mass is 317 g/mol. The number of nitrogens with one attached hydrogen (secondary N) is 2. The average molecular weight is 318 g/mol. The molecule has 0 bridgehead atoms. The third-order valence-corrected chi connectivity index (χ3v) is 4.48.